The van der Waals surface area contributed by atoms with Crippen molar-refractivity contribution in [3.05, 3.63) is 35.9 Å². The number of nitrogens with one attached hydrogen (secondary N) is 1. The molecule has 0 aromatic heterocycles. The van der Waals surface area contributed by atoms with Gasteiger partial charge in [0.15, 0.2) is 0 Å². The van der Waals surface area contributed by atoms with Crippen LogP contribution >= 0.6 is 0 Å². The molecule has 3 heteroatoms. The fourth-order valence-electron chi connectivity index (χ4n) is 2.07. The lowest BCUT2D eigenvalue weighted by Crippen LogP contribution is -2.41. The highest BCUT2D eigenvalue weighted by atomic mass is 16.1. The Kier molecular flexibility index (Phi) is 5.76. The third-order valence-electron chi connectivity index (χ3n) is 3.35. The zero-order valence-electron chi connectivity index (χ0n) is 12.8. The molecule has 1 rings (SSSR count). The smallest absolute Gasteiger partial charge is 0.238 e. The van der Waals surface area contributed by atoms with Crippen LogP contribution in [0.3, 0.4) is 0 Å². The van der Waals surface area contributed by atoms with Gasteiger partial charge in [-0.2, -0.15) is 5.26 Å². The van der Waals surface area contributed by atoms with Crippen molar-refractivity contribution < 1.29 is 4.79 Å². The SMILES string of the molecule is C[C@H](CCc1ccccc1)NC(=O)[C@@H](C#N)C(C)(C)C. The van der Waals surface area contributed by atoms with Crippen LogP contribution in [-0.4, -0.2) is 11.9 Å². The summed E-state index contributed by atoms with van der Waals surface area (Å²) in [5.74, 6) is -0.776. The summed E-state index contributed by atoms with van der Waals surface area (Å²) in [5.41, 5.74) is 0.930. The normalized spacial score (nSPS) is 14.2. The molecule has 0 saturated heterocycles. The van der Waals surface area contributed by atoms with Gasteiger partial charge in [-0.1, -0.05) is 51.1 Å². The molecule has 20 heavy (non-hydrogen) atoms. The number of nitrogens with zero attached hydrogens (tertiary/aromatic N) is 1. The minimum Gasteiger partial charge on any atom is -0.352 e. The van der Waals surface area contributed by atoms with E-state index in [-0.39, 0.29) is 17.4 Å². The zero-order valence-corrected chi connectivity index (χ0v) is 12.8. The molecule has 1 aromatic rings. The molecule has 0 heterocycles. The zero-order chi connectivity index (χ0) is 15.2. The average Bonchev–Trinajstić information content (AvgIpc) is 2.36. The van der Waals surface area contributed by atoms with Crippen LogP contribution < -0.4 is 5.32 Å². The average molecular weight is 272 g/mol. The highest BCUT2D eigenvalue weighted by molar-refractivity contribution is 5.82. The topological polar surface area (TPSA) is 52.9 Å². The number of hydrogen-bond donors (Lipinski definition) is 1. The van der Waals surface area contributed by atoms with E-state index in [9.17, 15) is 4.79 Å². The Morgan fingerprint density at radius 2 is 1.90 bits per heavy atom. The summed E-state index contributed by atoms with van der Waals surface area (Å²) in [7, 11) is 0. The van der Waals surface area contributed by atoms with Gasteiger partial charge in [-0.3, -0.25) is 4.79 Å². The highest BCUT2D eigenvalue weighted by Gasteiger charge is 2.31. The van der Waals surface area contributed by atoms with Crippen molar-refractivity contribution in [2.75, 3.05) is 0 Å². The first-order chi connectivity index (χ1) is 9.34. The predicted molar refractivity (Wildman–Crippen MR) is 80.9 cm³/mol. The summed E-state index contributed by atoms with van der Waals surface area (Å²) in [6.07, 6.45) is 1.80. The summed E-state index contributed by atoms with van der Waals surface area (Å²) in [5, 5.41) is 12.1. The summed E-state index contributed by atoms with van der Waals surface area (Å²) in [6.45, 7) is 7.72. The molecule has 0 saturated carbocycles. The van der Waals surface area contributed by atoms with Gasteiger partial charge in [-0.05, 0) is 30.7 Å². The Morgan fingerprint density at radius 3 is 2.40 bits per heavy atom. The monoisotopic (exact) mass is 272 g/mol. The van der Waals surface area contributed by atoms with Crippen LogP contribution in [-0.2, 0) is 11.2 Å². The molecule has 1 amide bonds. The standard InChI is InChI=1S/C17H24N2O/c1-13(10-11-14-8-6-5-7-9-14)19-16(20)15(12-18)17(2,3)4/h5-9,13,15H,10-11H2,1-4H3,(H,19,20)/t13-,15-/m1/s1. The van der Waals surface area contributed by atoms with Crippen molar-refractivity contribution in [3.8, 4) is 6.07 Å². The maximum atomic E-state index is 12.1. The van der Waals surface area contributed by atoms with Crippen molar-refractivity contribution >= 4 is 5.91 Å². The van der Waals surface area contributed by atoms with E-state index < -0.39 is 5.92 Å². The maximum Gasteiger partial charge on any atom is 0.238 e. The molecule has 0 aliphatic heterocycles. The first kappa shape index (κ1) is 16.2. The van der Waals surface area contributed by atoms with Crippen molar-refractivity contribution in [3.63, 3.8) is 0 Å². The van der Waals surface area contributed by atoms with E-state index in [0.717, 1.165) is 12.8 Å². The quantitative estimate of drug-likeness (QED) is 0.894. The van der Waals surface area contributed by atoms with Crippen LogP contribution in [0.1, 0.15) is 39.7 Å². The van der Waals surface area contributed by atoms with E-state index in [2.05, 4.69) is 23.5 Å². The van der Waals surface area contributed by atoms with Crippen LogP contribution in [0.4, 0.5) is 0 Å². The fourth-order valence-corrected chi connectivity index (χ4v) is 2.07. The van der Waals surface area contributed by atoms with Crippen molar-refractivity contribution in [2.24, 2.45) is 11.3 Å². The molecule has 0 unspecified atom stereocenters. The van der Waals surface area contributed by atoms with Crippen LogP contribution in [0.15, 0.2) is 30.3 Å². The number of hydrogen-bond acceptors (Lipinski definition) is 2. The van der Waals surface area contributed by atoms with Gasteiger partial charge in [0.2, 0.25) is 5.91 Å². The summed E-state index contributed by atoms with van der Waals surface area (Å²) in [6, 6.07) is 12.4. The van der Waals surface area contributed by atoms with Crippen LogP contribution in [0, 0.1) is 22.7 Å². The minimum atomic E-state index is -0.610. The van der Waals surface area contributed by atoms with Crippen molar-refractivity contribution in [2.45, 2.75) is 46.6 Å². The lowest BCUT2D eigenvalue weighted by atomic mass is 9.81. The molecule has 0 aliphatic carbocycles. The number of amides is 1. The molecule has 2 atom stereocenters. The van der Waals surface area contributed by atoms with E-state index >= 15 is 0 Å². The Labute approximate surface area is 122 Å². The van der Waals surface area contributed by atoms with E-state index in [4.69, 9.17) is 5.26 Å². The molecular weight excluding hydrogens is 248 g/mol. The second kappa shape index (κ2) is 7.09. The lowest BCUT2D eigenvalue weighted by molar-refractivity contribution is -0.126. The van der Waals surface area contributed by atoms with Gasteiger partial charge in [-0.25, -0.2) is 0 Å². The van der Waals surface area contributed by atoms with Gasteiger partial charge >= 0.3 is 0 Å². The van der Waals surface area contributed by atoms with Crippen LogP contribution in [0.5, 0.6) is 0 Å². The number of benzene rings is 1. The molecule has 0 aliphatic rings. The third kappa shape index (κ3) is 5.05. The maximum absolute atomic E-state index is 12.1. The molecule has 1 aromatic carbocycles. The van der Waals surface area contributed by atoms with E-state index in [1.807, 2.05) is 45.9 Å². The molecule has 0 spiro atoms. The molecule has 1 N–H and O–H groups in total. The second-order valence-electron chi connectivity index (χ2n) is 6.36. The van der Waals surface area contributed by atoms with E-state index in [0.29, 0.717) is 0 Å². The molecule has 0 bridgehead atoms. The number of aryl methyl sites for hydroxylation is 1. The Morgan fingerprint density at radius 1 is 1.30 bits per heavy atom. The molecular formula is C17H24N2O. The number of carbonyl (C=O) groups excluding carboxylic acids is 1. The molecule has 108 valence electrons. The van der Waals surface area contributed by atoms with Gasteiger partial charge in [0.25, 0.3) is 0 Å². The summed E-state index contributed by atoms with van der Waals surface area (Å²) >= 11 is 0. The first-order valence-electron chi connectivity index (χ1n) is 7.08. The number of rotatable bonds is 5. The van der Waals surface area contributed by atoms with Gasteiger partial charge in [-0.15, -0.1) is 0 Å². The van der Waals surface area contributed by atoms with Gasteiger partial charge in [0, 0.05) is 6.04 Å². The second-order valence-corrected chi connectivity index (χ2v) is 6.36. The lowest BCUT2D eigenvalue weighted by Gasteiger charge is -2.25. The Balaban J connectivity index is 2.48. The Hall–Kier alpha value is -1.82. The van der Waals surface area contributed by atoms with Crippen molar-refractivity contribution in [1.82, 2.24) is 5.32 Å². The number of nitriles is 1. The predicted octanol–water partition coefficient (Wildman–Crippen LogP) is 3.31. The van der Waals surface area contributed by atoms with Crippen LogP contribution in [0.25, 0.3) is 0 Å². The molecule has 0 fully saturated rings. The van der Waals surface area contributed by atoms with Crippen molar-refractivity contribution in [1.29, 1.82) is 5.26 Å². The first-order valence-corrected chi connectivity index (χ1v) is 7.08. The van der Waals surface area contributed by atoms with Crippen LogP contribution in [0.2, 0.25) is 0 Å². The summed E-state index contributed by atoms with van der Waals surface area (Å²) < 4.78 is 0. The minimum absolute atomic E-state index is 0.0703. The fraction of sp³-hybridized carbons (Fsp3) is 0.529. The highest BCUT2D eigenvalue weighted by Crippen LogP contribution is 2.25. The molecule has 3 nitrogen and oxygen atoms in total. The van der Waals surface area contributed by atoms with Gasteiger partial charge in [0.05, 0.1) is 6.07 Å². The molecule has 0 radical (unpaired) electrons. The van der Waals surface area contributed by atoms with E-state index in [1.54, 1.807) is 0 Å². The third-order valence-corrected chi connectivity index (χ3v) is 3.35. The number of carbonyl (C=O) groups is 1. The largest absolute Gasteiger partial charge is 0.352 e. The van der Waals surface area contributed by atoms with Gasteiger partial charge in [0.1, 0.15) is 5.92 Å². The summed E-state index contributed by atoms with van der Waals surface area (Å²) in [4.78, 5) is 12.1. The van der Waals surface area contributed by atoms with Gasteiger partial charge < -0.3 is 5.32 Å². The Bertz CT molecular complexity index is 468. The van der Waals surface area contributed by atoms with E-state index in [1.165, 1.54) is 5.56 Å².